The van der Waals surface area contributed by atoms with E-state index < -0.39 is 18.1 Å². The number of methoxy groups -OCH3 is 2. The number of urea groups is 1. The Morgan fingerprint density at radius 3 is 2.12 bits per heavy atom. The van der Waals surface area contributed by atoms with E-state index in [4.69, 9.17) is 9.47 Å². The van der Waals surface area contributed by atoms with E-state index in [1.165, 1.54) is 26.4 Å². The molecule has 0 aliphatic rings. The second-order valence-electron chi connectivity index (χ2n) is 4.60. The van der Waals surface area contributed by atoms with Crippen LogP contribution in [-0.2, 0) is 6.54 Å². The molecule has 2 amide bonds. The zero-order valence-corrected chi connectivity index (χ0v) is 13.6. The van der Waals surface area contributed by atoms with Crippen LogP contribution in [0.5, 0.6) is 17.8 Å². The maximum Gasteiger partial charge on any atom is 0.573 e. The summed E-state index contributed by atoms with van der Waals surface area (Å²) in [5, 5.41) is 4.92. The standard InChI is InChI=1S/C14H14F3N5O4/c1-24-12-20-10(21-13(22-12)25-2)7-18-11(23)19-8-3-5-9(6-4-8)26-14(15,16)17/h3-6H,7H2,1-2H3,(H2,18,19,23). The third-order valence-electron chi connectivity index (χ3n) is 2.76. The first-order valence-corrected chi connectivity index (χ1v) is 7.02. The largest absolute Gasteiger partial charge is 0.573 e. The van der Waals surface area contributed by atoms with Crippen LogP contribution in [0.1, 0.15) is 5.82 Å². The molecule has 9 nitrogen and oxygen atoms in total. The van der Waals surface area contributed by atoms with Crippen molar-refractivity contribution in [2.75, 3.05) is 19.5 Å². The highest BCUT2D eigenvalue weighted by atomic mass is 19.4. The molecule has 1 aromatic heterocycles. The minimum atomic E-state index is -4.78. The van der Waals surface area contributed by atoms with E-state index in [1.54, 1.807) is 0 Å². The van der Waals surface area contributed by atoms with Crippen molar-refractivity contribution in [1.82, 2.24) is 20.3 Å². The average molecular weight is 373 g/mol. The number of carbonyl (C=O) groups is 1. The van der Waals surface area contributed by atoms with Crippen LogP contribution in [0.2, 0.25) is 0 Å². The molecule has 1 aromatic carbocycles. The fourth-order valence-corrected chi connectivity index (χ4v) is 1.71. The second-order valence-corrected chi connectivity index (χ2v) is 4.60. The van der Waals surface area contributed by atoms with Gasteiger partial charge in [0.25, 0.3) is 0 Å². The monoisotopic (exact) mass is 373 g/mol. The van der Waals surface area contributed by atoms with Gasteiger partial charge in [0.15, 0.2) is 5.82 Å². The highest BCUT2D eigenvalue weighted by Gasteiger charge is 2.30. The van der Waals surface area contributed by atoms with Crippen LogP contribution in [0.3, 0.4) is 0 Å². The summed E-state index contributed by atoms with van der Waals surface area (Å²) in [4.78, 5) is 23.5. The Balaban J connectivity index is 1.91. The van der Waals surface area contributed by atoms with Crippen LogP contribution in [0.15, 0.2) is 24.3 Å². The van der Waals surface area contributed by atoms with E-state index in [9.17, 15) is 18.0 Å². The molecule has 1 heterocycles. The minimum absolute atomic E-state index is 0.0225. The molecule has 0 saturated carbocycles. The number of alkyl halides is 3. The lowest BCUT2D eigenvalue weighted by molar-refractivity contribution is -0.274. The number of benzene rings is 1. The number of hydrogen-bond acceptors (Lipinski definition) is 7. The molecule has 12 heteroatoms. The van der Waals surface area contributed by atoms with Gasteiger partial charge in [-0.15, -0.1) is 18.2 Å². The first-order valence-electron chi connectivity index (χ1n) is 7.02. The highest BCUT2D eigenvalue weighted by molar-refractivity contribution is 5.89. The number of halogens is 3. The number of ether oxygens (including phenoxy) is 3. The molecule has 2 rings (SSSR count). The number of amides is 2. The summed E-state index contributed by atoms with van der Waals surface area (Å²) in [7, 11) is 2.73. The summed E-state index contributed by atoms with van der Waals surface area (Å²) in [6.07, 6.45) is -4.78. The molecular formula is C14H14F3N5O4. The summed E-state index contributed by atoms with van der Waals surface area (Å²) in [5.74, 6) is -0.203. The first-order chi connectivity index (χ1) is 12.3. The number of nitrogens with zero attached hydrogens (tertiary/aromatic N) is 3. The van der Waals surface area contributed by atoms with E-state index >= 15 is 0 Å². The Morgan fingerprint density at radius 2 is 1.62 bits per heavy atom. The van der Waals surface area contributed by atoms with Crippen molar-refractivity contribution in [3.63, 3.8) is 0 Å². The van der Waals surface area contributed by atoms with Crippen LogP contribution in [0, 0.1) is 0 Å². The molecule has 0 bridgehead atoms. The van der Waals surface area contributed by atoms with Gasteiger partial charge in [-0.3, -0.25) is 0 Å². The van der Waals surface area contributed by atoms with Crippen molar-refractivity contribution in [2.45, 2.75) is 12.9 Å². The van der Waals surface area contributed by atoms with Crippen LogP contribution in [-0.4, -0.2) is 41.6 Å². The summed E-state index contributed by atoms with van der Waals surface area (Å²) < 4.78 is 49.8. The van der Waals surface area contributed by atoms with Gasteiger partial charge in [0.1, 0.15) is 5.75 Å². The number of rotatable bonds is 6. The highest BCUT2D eigenvalue weighted by Crippen LogP contribution is 2.23. The normalized spacial score (nSPS) is 10.8. The average Bonchev–Trinajstić information content (AvgIpc) is 2.60. The lowest BCUT2D eigenvalue weighted by Gasteiger charge is -2.10. The lowest BCUT2D eigenvalue weighted by Crippen LogP contribution is -2.29. The maximum absolute atomic E-state index is 12.1. The van der Waals surface area contributed by atoms with Crippen LogP contribution < -0.4 is 24.8 Å². The second kappa shape index (κ2) is 8.18. The van der Waals surface area contributed by atoms with Crippen molar-refractivity contribution in [1.29, 1.82) is 0 Å². The van der Waals surface area contributed by atoms with Crippen molar-refractivity contribution in [3.8, 4) is 17.8 Å². The first kappa shape index (κ1) is 19.0. The Labute approximate surface area is 145 Å². The molecule has 26 heavy (non-hydrogen) atoms. The molecule has 2 aromatic rings. The third kappa shape index (κ3) is 5.96. The van der Waals surface area contributed by atoms with Crippen LogP contribution in [0.25, 0.3) is 0 Å². The number of aromatic nitrogens is 3. The van der Waals surface area contributed by atoms with Crippen molar-refractivity contribution >= 4 is 11.7 Å². The number of nitrogens with one attached hydrogen (secondary N) is 2. The smallest absolute Gasteiger partial charge is 0.467 e. The third-order valence-corrected chi connectivity index (χ3v) is 2.76. The summed E-state index contributed by atoms with van der Waals surface area (Å²) in [6.45, 7) is -0.0592. The Bertz CT molecular complexity index is 733. The molecule has 0 saturated heterocycles. The molecule has 0 radical (unpaired) electrons. The molecule has 140 valence electrons. The number of anilines is 1. The SMILES string of the molecule is COc1nc(CNC(=O)Nc2ccc(OC(F)(F)F)cc2)nc(OC)n1. The van der Waals surface area contributed by atoms with E-state index in [0.717, 1.165) is 12.1 Å². The Kier molecular flexibility index (Phi) is 5.98. The van der Waals surface area contributed by atoms with Crippen LogP contribution >= 0.6 is 0 Å². The summed E-state index contributed by atoms with van der Waals surface area (Å²) in [5.41, 5.74) is 0.267. The van der Waals surface area contributed by atoms with E-state index in [-0.39, 0.29) is 30.1 Å². The van der Waals surface area contributed by atoms with Gasteiger partial charge in [0, 0.05) is 5.69 Å². The lowest BCUT2D eigenvalue weighted by atomic mass is 10.3. The van der Waals surface area contributed by atoms with Gasteiger partial charge in [-0.05, 0) is 24.3 Å². The quantitative estimate of drug-likeness (QED) is 0.798. The van der Waals surface area contributed by atoms with Gasteiger partial charge in [-0.2, -0.15) is 9.97 Å². The predicted molar refractivity (Wildman–Crippen MR) is 81.9 cm³/mol. The summed E-state index contributed by atoms with van der Waals surface area (Å²) in [6, 6.07) is 4.09. The zero-order chi connectivity index (χ0) is 19.2. The molecule has 2 N–H and O–H groups in total. The molecule has 0 fully saturated rings. The van der Waals surface area contributed by atoms with Crippen molar-refractivity contribution < 1.29 is 32.2 Å². The summed E-state index contributed by atoms with van der Waals surface area (Å²) >= 11 is 0. The molecule has 0 aliphatic heterocycles. The minimum Gasteiger partial charge on any atom is -0.467 e. The van der Waals surface area contributed by atoms with Gasteiger partial charge in [0.05, 0.1) is 20.8 Å². The molecule has 0 unspecified atom stereocenters. The maximum atomic E-state index is 12.1. The fraction of sp³-hybridized carbons (Fsp3) is 0.286. The van der Waals surface area contributed by atoms with Gasteiger partial charge in [0.2, 0.25) is 0 Å². The van der Waals surface area contributed by atoms with E-state index in [0.29, 0.717) is 0 Å². The number of carbonyl (C=O) groups excluding carboxylic acids is 1. The Morgan fingerprint density at radius 1 is 1.04 bits per heavy atom. The van der Waals surface area contributed by atoms with E-state index in [2.05, 4.69) is 30.3 Å². The molecule has 0 spiro atoms. The van der Waals surface area contributed by atoms with Crippen LogP contribution in [0.4, 0.5) is 23.7 Å². The van der Waals surface area contributed by atoms with Gasteiger partial charge in [-0.25, -0.2) is 4.79 Å². The Hall–Kier alpha value is -3.31. The molecule has 0 atom stereocenters. The van der Waals surface area contributed by atoms with Gasteiger partial charge in [-0.1, -0.05) is 0 Å². The van der Waals surface area contributed by atoms with Gasteiger partial charge < -0.3 is 24.8 Å². The topological polar surface area (TPSA) is 107 Å². The van der Waals surface area contributed by atoms with Crippen molar-refractivity contribution in [2.24, 2.45) is 0 Å². The zero-order valence-electron chi connectivity index (χ0n) is 13.6. The molecule has 0 aliphatic carbocycles. The van der Waals surface area contributed by atoms with E-state index in [1.807, 2.05) is 0 Å². The predicted octanol–water partition coefficient (Wildman–Crippen LogP) is 2.11. The number of hydrogen-bond donors (Lipinski definition) is 2. The molecular weight excluding hydrogens is 359 g/mol. The van der Waals surface area contributed by atoms with Gasteiger partial charge >= 0.3 is 24.4 Å². The van der Waals surface area contributed by atoms with Crippen molar-refractivity contribution in [3.05, 3.63) is 30.1 Å². The fourth-order valence-electron chi connectivity index (χ4n) is 1.71.